The molecule has 0 aliphatic heterocycles. The van der Waals surface area contributed by atoms with Crippen LogP contribution in [0.1, 0.15) is 29.4 Å². The van der Waals surface area contributed by atoms with Gasteiger partial charge in [0.2, 0.25) is 5.43 Å². The van der Waals surface area contributed by atoms with Gasteiger partial charge in [-0.05, 0) is 50.6 Å². The molecule has 0 spiro atoms. The van der Waals surface area contributed by atoms with Crippen LogP contribution in [0.2, 0.25) is 0 Å². The highest BCUT2D eigenvalue weighted by molar-refractivity contribution is 5.96. The van der Waals surface area contributed by atoms with Gasteiger partial charge in [0.1, 0.15) is 16.9 Å². The Hall–Kier alpha value is -3.48. The number of nitrogens with one attached hydrogen (secondary N) is 1. The molecule has 4 aromatic heterocycles. The number of rotatable bonds is 6. The number of aryl methyl sites for hydroxylation is 3. The molecule has 4 aromatic rings. The van der Waals surface area contributed by atoms with E-state index >= 15 is 0 Å². The second-order valence-corrected chi connectivity index (χ2v) is 7.02. The standard InChI is InChI=1S/C22H23N5O2/c1-3-26-14-18(19(28)17-8-7-15(2)25-21(17)26)22(29)24-11-5-12-27-13-9-16-6-4-10-23-20(16)27/h4,6-10,13-14H,3,5,11-12H2,1-2H3,(H,24,29). The zero-order chi connectivity index (χ0) is 20.4. The first-order valence-corrected chi connectivity index (χ1v) is 9.77. The zero-order valence-corrected chi connectivity index (χ0v) is 16.6. The van der Waals surface area contributed by atoms with Gasteiger partial charge in [0.25, 0.3) is 5.91 Å². The molecule has 1 N–H and O–H groups in total. The Kier molecular flexibility index (Phi) is 5.12. The lowest BCUT2D eigenvalue weighted by molar-refractivity contribution is 0.0951. The summed E-state index contributed by atoms with van der Waals surface area (Å²) in [5.41, 5.74) is 2.25. The van der Waals surface area contributed by atoms with Gasteiger partial charge in [-0.25, -0.2) is 9.97 Å². The molecular formula is C22H23N5O2. The van der Waals surface area contributed by atoms with Crippen molar-refractivity contribution in [3.8, 4) is 0 Å². The normalized spacial score (nSPS) is 11.2. The molecule has 0 saturated heterocycles. The summed E-state index contributed by atoms with van der Waals surface area (Å²) in [5, 5.41) is 4.43. The number of pyridine rings is 3. The van der Waals surface area contributed by atoms with Crippen molar-refractivity contribution < 1.29 is 4.79 Å². The van der Waals surface area contributed by atoms with Gasteiger partial charge in [0, 0.05) is 49.3 Å². The lowest BCUT2D eigenvalue weighted by Crippen LogP contribution is -2.31. The summed E-state index contributed by atoms with van der Waals surface area (Å²) in [6.45, 7) is 5.68. The van der Waals surface area contributed by atoms with Gasteiger partial charge >= 0.3 is 0 Å². The van der Waals surface area contributed by atoms with Gasteiger partial charge in [0.15, 0.2) is 0 Å². The van der Waals surface area contributed by atoms with Crippen molar-refractivity contribution in [2.24, 2.45) is 0 Å². The molecule has 7 heteroatoms. The Morgan fingerprint density at radius 1 is 1.14 bits per heavy atom. The summed E-state index contributed by atoms with van der Waals surface area (Å²) in [5.74, 6) is -0.352. The largest absolute Gasteiger partial charge is 0.352 e. The second-order valence-electron chi connectivity index (χ2n) is 7.02. The first-order valence-electron chi connectivity index (χ1n) is 9.77. The molecule has 0 aliphatic carbocycles. The molecule has 148 valence electrons. The van der Waals surface area contributed by atoms with Crippen LogP contribution in [-0.4, -0.2) is 31.6 Å². The molecule has 0 aromatic carbocycles. The lowest BCUT2D eigenvalue weighted by atomic mass is 10.1. The predicted molar refractivity (Wildman–Crippen MR) is 113 cm³/mol. The molecule has 0 atom stereocenters. The summed E-state index contributed by atoms with van der Waals surface area (Å²) >= 11 is 0. The summed E-state index contributed by atoms with van der Waals surface area (Å²) < 4.78 is 3.91. The molecular weight excluding hydrogens is 366 g/mol. The maximum absolute atomic E-state index is 12.8. The molecule has 4 heterocycles. The lowest BCUT2D eigenvalue weighted by Gasteiger charge is -2.12. The molecule has 4 rings (SSSR count). The minimum absolute atomic E-state index is 0.151. The third kappa shape index (κ3) is 3.63. The van der Waals surface area contributed by atoms with Gasteiger partial charge in [-0.1, -0.05) is 0 Å². The first-order chi connectivity index (χ1) is 14.1. The van der Waals surface area contributed by atoms with E-state index in [0.29, 0.717) is 24.1 Å². The van der Waals surface area contributed by atoms with Crippen molar-refractivity contribution in [1.29, 1.82) is 0 Å². The number of aromatic nitrogens is 4. The van der Waals surface area contributed by atoms with E-state index < -0.39 is 0 Å². The Labute approximate surface area is 168 Å². The minimum Gasteiger partial charge on any atom is -0.352 e. The van der Waals surface area contributed by atoms with Gasteiger partial charge in [-0.2, -0.15) is 0 Å². The highest BCUT2D eigenvalue weighted by atomic mass is 16.2. The molecule has 0 aliphatic rings. The van der Waals surface area contributed by atoms with Crippen molar-refractivity contribution in [3.05, 3.63) is 70.4 Å². The van der Waals surface area contributed by atoms with Crippen molar-refractivity contribution in [1.82, 2.24) is 24.4 Å². The third-order valence-electron chi connectivity index (χ3n) is 5.03. The molecule has 0 unspecified atom stereocenters. The van der Waals surface area contributed by atoms with Crippen LogP contribution in [0.4, 0.5) is 0 Å². The van der Waals surface area contributed by atoms with E-state index in [9.17, 15) is 9.59 Å². The van der Waals surface area contributed by atoms with Crippen molar-refractivity contribution in [2.75, 3.05) is 6.54 Å². The van der Waals surface area contributed by atoms with E-state index in [1.807, 2.05) is 42.8 Å². The molecule has 0 bridgehead atoms. The summed E-state index contributed by atoms with van der Waals surface area (Å²) in [4.78, 5) is 34.3. The van der Waals surface area contributed by atoms with E-state index in [-0.39, 0.29) is 16.9 Å². The zero-order valence-electron chi connectivity index (χ0n) is 16.6. The van der Waals surface area contributed by atoms with Crippen LogP contribution in [0.5, 0.6) is 0 Å². The number of carbonyl (C=O) groups excluding carboxylic acids is 1. The average Bonchev–Trinajstić information content (AvgIpc) is 3.14. The van der Waals surface area contributed by atoms with Crippen LogP contribution in [0.3, 0.4) is 0 Å². The molecule has 29 heavy (non-hydrogen) atoms. The van der Waals surface area contributed by atoms with E-state index in [1.54, 1.807) is 24.5 Å². The topological polar surface area (TPSA) is 81.8 Å². The SMILES string of the molecule is CCn1cc(C(=O)NCCCn2ccc3cccnc32)c(=O)c2ccc(C)nc21. The van der Waals surface area contributed by atoms with Crippen molar-refractivity contribution in [3.63, 3.8) is 0 Å². The Morgan fingerprint density at radius 2 is 2.00 bits per heavy atom. The molecule has 0 fully saturated rings. The predicted octanol–water partition coefficient (Wildman–Crippen LogP) is 2.89. The molecule has 0 saturated carbocycles. The van der Waals surface area contributed by atoms with Crippen molar-refractivity contribution in [2.45, 2.75) is 33.4 Å². The summed E-state index contributed by atoms with van der Waals surface area (Å²) in [7, 11) is 0. The van der Waals surface area contributed by atoms with Gasteiger partial charge in [0.05, 0.1) is 5.39 Å². The van der Waals surface area contributed by atoms with Crippen molar-refractivity contribution >= 4 is 28.0 Å². The van der Waals surface area contributed by atoms with Crippen LogP contribution >= 0.6 is 0 Å². The smallest absolute Gasteiger partial charge is 0.256 e. The quantitative estimate of drug-likeness (QED) is 0.514. The number of hydrogen-bond donors (Lipinski definition) is 1. The Bertz CT molecular complexity index is 1260. The highest BCUT2D eigenvalue weighted by Gasteiger charge is 2.15. The van der Waals surface area contributed by atoms with Gasteiger partial charge in [-0.3, -0.25) is 9.59 Å². The fourth-order valence-electron chi connectivity index (χ4n) is 3.51. The first kappa shape index (κ1) is 18.9. The minimum atomic E-state index is -0.352. The molecule has 7 nitrogen and oxygen atoms in total. The van der Waals surface area contributed by atoms with Crippen LogP contribution in [0.25, 0.3) is 22.1 Å². The number of nitrogens with zero attached hydrogens (tertiary/aromatic N) is 4. The van der Waals surface area contributed by atoms with E-state index in [2.05, 4.69) is 19.9 Å². The van der Waals surface area contributed by atoms with Crippen LogP contribution in [-0.2, 0) is 13.1 Å². The number of carbonyl (C=O) groups is 1. The number of amides is 1. The van der Waals surface area contributed by atoms with Crippen LogP contribution < -0.4 is 10.7 Å². The maximum atomic E-state index is 12.8. The summed E-state index contributed by atoms with van der Waals surface area (Å²) in [6, 6.07) is 9.50. The van der Waals surface area contributed by atoms with E-state index in [4.69, 9.17) is 0 Å². The van der Waals surface area contributed by atoms with Crippen LogP contribution in [0.15, 0.2) is 53.7 Å². The molecule has 0 radical (unpaired) electrons. The fraction of sp³-hybridized carbons (Fsp3) is 0.273. The summed E-state index contributed by atoms with van der Waals surface area (Å²) in [6.07, 6.45) is 6.12. The number of hydrogen-bond acceptors (Lipinski definition) is 4. The highest BCUT2D eigenvalue weighted by Crippen LogP contribution is 2.13. The van der Waals surface area contributed by atoms with Gasteiger partial charge in [-0.15, -0.1) is 0 Å². The fourth-order valence-corrected chi connectivity index (χ4v) is 3.51. The Morgan fingerprint density at radius 3 is 2.83 bits per heavy atom. The average molecular weight is 389 g/mol. The maximum Gasteiger partial charge on any atom is 0.256 e. The Balaban J connectivity index is 1.47. The van der Waals surface area contributed by atoms with E-state index in [1.165, 1.54) is 0 Å². The monoisotopic (exact) mass is 389 g/mol. The molecule has 1 amide bonds. The van der Waals surface area contributed by atoms with Crippen LogP contribution in [0, 0.1) is 6.92 Å². The third-order valence-corrected chi connectivity index (χ3v) is 5.03. The van der Waals surface area contributed by atoms with Gasteiger partial charge < -0.3 is 14.5 Å². The number of fused-ring (bicyclic) bond motifs is 2. The van der Waals surface area contributed by atoms with E-state index in [0.717, 1.165) is 29.7 Å². The second kappa shape index (κ2) is 7.87.